The van der Waals surface area contributed by atoms with E-state index in [-0.39, 0.29) is 0 Å². The fourth-order valence-corrected chi connectivity index (χ4v) is 2.85. The highest BCUT2D eigenvalue weighted by atomic mass is 32.2. The molecule has 1 N–H and O–H groups in total. The van der Waals surface area contributed by atoms with Gasteiger partial charge in [-0.3, -0.25) is 4.55 Å². The summed E-state index contributed by atoms with van der Waals surface area (Å²) in [6, 6.07) is 0. The van der Waals surface area contributed by atoms with Gasteiger partial charge in [-0.2, -0.15) is 8.42 Å². The van der Waals surface area contributed by atoms with Crippen LogP contribution in [0.1, 0.15) is 71.6 Å². The SMILES string of the molecule is CCCCCCCN1CCC(CCC)CC1.CS(=O)(=O)O. The summed E-state index contributed by atoms with van der Waals surface area (Å²) < 4.78 is 25.9. The van der Waals surface area contributed by atoms with Gasteiger partial charge in [0, 0.05) is 0 Å². The van der Waals surface area contributed by atoms with Crippen LogP contribution < -0.4 is 0 Å². The van der Waals surface area contributed by atoms with E-state index in [0.717, 1.165) is 5.92 Å². The van der Waals surface area contributed by atoms with Crippen LogP contribution in [0.3, 0.4) is 0 Å². The summed E-state index contributed by atoms with van der Waals surface area (Å²) in [4.78, 5) is 2.69. The Morgan fingerprint density at radius 2 is 1.52 bits per heavy atom. The van der Waals surface area contributed by atoms with E-state index in [1.54, 1.807) is 0 Å². The minimum Gasteiger partial charge on any atom is -0.303 e. The maximum absolute atomic E-state index is 9.19. The van der Waals surface area contributed by atoms with Crippen molar-refractivity contribution in [2.45, 2.75) is 71.6 Å². The number of hydrogen-bond acceptors (Lipinski definition) is 3. The van der Waals surface area contributed by atoms with Crippen molar-refractivity contribution in [1.82, 2.24) is 4.90 Å². The van der Waals surface area contributed by atoms with E-state index < -0.39 is 10.1 Å². The Balaban J connectivity index is 0.000000690. The zero-order chi connectivity index (χ0) is 16.1. The Kier molecular flexibility index (Phi) is 12.3. The van der Waals surface area contributed by atoms with E-state index in [0.29, 0.717) is 6.26 Å². The van der Waals surface area contributed by atoms with Gasteiger partial charge in [-0.05, 0) is 44.8 Å². The summed E-state index contributed by atoms with van der Waals surface area (Å²) in [7, 11) is -3.67. The van der Waals surface area contributed by atoms with Gasteiger partial charge in [0.15, 0.2) is 0 Å². The molecule has 0 unspecified atom stereocenters. The summed E-state index contributed by atoms with van der Waals surface area (Å²) in [6.07, 6.45) is 13.6. The fraction of sp³-hybridized carbons (Fsp3) is 1.00. The number of piperidine rings is 1. The number of unbranched alkanes of at least 4 members (excludes halogenated alkanes) is 4. The molecule has 0 saturated carbocycles. The van der Waals surface area contributed by atoms with E-state index in [1.807, 2.05) is 0 Å². The third-order valence-corrected chi connectivity index (χ3v) is 3.98. The van der Waals surface area contributed by atoms with E-state index in [1.165, 1.54) is 77.4 Å². The largest absolute Gasteiger partial charge is 0.303 e. The first-order valence-electron chi connectivity index (χ1n) is 8.51. The molecule has 1 saturated heterocycles. The summed E-state index contributed by atoms with van der Waals surface area (Å²) in [5.41, 5.74) is 0. The summed E-state index contributed by atoms with van der Waals surface area (Å²) in [5.74, 6) is 1.04. The lowest BCUT2D eigenvalue weighted by molar-refractivity contribution is 0.175. The van der Waals surface area contributed by atoms with Crippen molar-refractivity contribution in [3.8, 4) is 0 Å². The number of nitrogens with zero attached hydrogens (tertiary/aromatic N) is 1. The average molecular weight is 322 g/mol. The topological polar surface area (TPSA) is 57.6 Å². The fourth-order valence-electron chi connectivity index (χ4n) is 2.85. The molecule has 0 aliphatic carbocycles. The van der Waals surface area contributed by atoms with Crippen molar-refractivity contribution < 1.29 is 13.0 Å². The van der Waals surface area contributed by atoms with Crippen LogP contribution in [0.5, 0.6) is 0 Å². The van der Waals surface area contributed by atoms with Crippen LogP contribution in [0.2, 0.25) is 0 Å². The summed E-state index contributed by atoms with van der Waals surface area (Å²) in [6.45, 7) is 8.72. The molecule has 0 bridgehead atoms. The molecule has 5 heteroatoms. The molecule has 1 fully saturated rings. The Hall–Kier alpha value is -0.130. The Morgan fingerprint density at radius 1 is 1.00 bits per heavy atom. The van der Waals surface area contributed by atoms with E-state index in [2.05, 4.69) is 18.7 Å². The van der Waals surface area contributed by atoms with Crippen LogP contribution in [0.15, 0.2) is 0 Å². The van der Waals surface area contributed by atoms with Crippen LogP contribution >= 0.6 is 0 Å². The van der Waals surface area contributed by atoms with Crippen LogP contribution in [0.25, 0.3) is 0 Å². The van der Waals surface area contributed by atoms with Gasteiger partial charge < -0.3 is 4.90 Å². The molecule has 21 heavy (non-hydrogen) atoms. The molecule has 1 heterocycles. The van der Waals surface area contributed by atoms with Crippen molar-refractivity contribution in [1.29, 1.82) is 0 Å². The molecule has 0 aromatic rings. The third-order valence-electron chi connectivity index (χ3n) is 3.98. The minimum atomic E-state index is -3.67. The van der Waals surface area contributed by atoms with Crippen LogP contribution in [-0.4, -0.2) is 43.8 Å². The molecule has 4 nitrogen and oxygen atoms in total. The Bertz CT molecular complexity index is 314. The van der Waals surface area contributed by atoms with Gasteiger partial charge in [-0.25, -0.2) is 0 Å². The van der Waals surface area contributed by atoms with E-state index in [9.17, 15) is 8.42 Å². The first-order valence-corrected chi connectivity index (χ1v) is 10.4. The minimum absolute atomic E-state index is 0.715. The van der Waals surface area contributed by atoms with Gasteiger partial charge in [-0.1, -0.05) is 52.4 Å². The molecular formula is C16H35NO3S. The molecule has 1 aliphatic rings. The lowest BCUT2D eigenvalue weighted by Gasteiger charge is -2.31. The molecule has 0 aromatic heterocycles. The first-order chi connectivity index (χ1) is 9.86. The maximum Gasteiger partial charge on any atom is 0.261 e. The highest BCUT2D eigenvalue weighted by Crippen LogP contribution is 2.21. The molecule has 0 radical (unpaired) electrons. The smallest absolute Gasteiger partial charge is 0.261 e. The Labute approximate surface area is 132 Å². The second kappa shape index (κ2) is 12.4. The van der Waals surface area contributed by atoms with Crippen molar-refractivity contribution in [3.63, 3.8) is 0 Å². The summed E-state index contributed by atoms with van der Waals surface area (Å²) >= 11 is 0. The van der Waals surface area contributed by atoms with Crippen LogP contribution in [0, 0.1) is 5.92 Å². The van der Waals surface area contributed by atoms with Gasteiger partial charge >= 0.3 is 0 Å². The zero-order valence-electron chi connectivity index (χ0n) is 14.2. The Morgan fingerprint density at radius 3 is 2.00 bits per heavy atom. The van der Waals surface area contributed by atoms with Crippen molar-refractivity contribution in [3.05, 3.63) is 0 Å². The highest BCUT2D eigenvalue weighted by Gasteiger charge is 2.17. The predicted octanol–water partition coefficient (Wildman–Crippen LogP) is 3.97. The van der Waals surface area contributed by atoms with Crippen molar-refractivity contribution in [2.75, 3.05) is 25.9 Å². The summed E-state index contributed by atoms with van der Waals surface area (Å²) in [5, 5.41) is 0. The lowest BCUT2D eigenvalue weighted by Crippen LogP contribution is -2.34. The molecule has 0 aromatic carbocycles. The molecule has 128 valence electrons. The normalized spacial score (nSPS) is 17.3. The van der Waals surface area contributed by atoms with E-state index >= 15 is 0 Å². The quantitative estimate of drug-likeness (QED) is 0.543. The van der Waals surface area contributed by atoms with Gasteiger partial charge in [0.2, 0.25) is 0 Å². The monoisotopic (exact) mass is 321 g/mol. The average Bonchev–Trinajstić information content (AvgIpc) is 2.39. The lowest BCUT2D eigenvalue weighted by atomic mass is 9.92. The highest BCUT2D eigenvalue weighted by molar-refractivity contribution is 7.85. The predicted molar refractivity (Wildman–Crippen MR) is 90.3 cm³/mol. The number of rotatable bonds is 8. The van der Waals surface area contributed by atoms with Gasteiger partial charge in [0.25, 0.3) is 10.1 Å². The van der Waals surface area contributed by atoms with Gasteiger partial charge in [0.05, 0.1) is 6.26 Å². The molecule has 0 spiro atoms. The number of likely N-dealkylation sites (tertiary alicyclic amines) is 1. The number of hydrogen-bond donors (Lipinski definition) is 1. The molecule has 1 aliphatic heterocycles. The first kappa shape index (κ1) is 20.9. The molecular weight excluding hydrogens is 286 g/mol. The third kappa shape index (κ3) is 16.1. The van der Waals surface area contributed by atoms with Crippen LogP contribution in [-0.2, 0) is 10.1 Å². The van der Waals surface area contributed by atoms with Gasteiger partial charge in [0.1, 0.15) is 0 Å². The van der Waals surface area contributed by atoms with Crippen molar-refractivity contribution in [2.24, 2.45) is 5.92 Å². The van der Waals surface area contributed by atoms with Crippen molar-refractivity contribution >= 4 is 10.1 Å². The molecule has 1 rings (SSSR count). The van der Waals surface area contributed by atoms with Crippen LogP contribution in [0.4, 0.5) is 0 Å². The second-order valence-electron chi connectivity index (χ2n) is 6.22. The van der Waals surface area contributed by atoms with Gasteiger partial charge in [-0.15, -0.1) is 0 Å². The molecule has 0 amide bonds. The second-order valence-corrected chi connectivity index (χ2v) is 7.69. The zero-order valence-corrected chi connectivity index (χ0v) is 15.0. The maximum atomic E-state index is 9.19. The van der Waals surface area contributed by atoms with E-state index in [4.69, 9.17) is 4.55 Å². The standard InChI is InChI=1S/C15H31N.CH4O3S/c1-3-5-6-7-8-12-16-13-10-15(9-4-2)11-14-16;1-5(2,3)4/h15H,3-14H2,1-2H3;1H3,(H,2,3,4). The molecule has 0 atom stereocenters.